The van der Waals surface area contributed by atoms with Gasteiger partial charge in [0.05, 0.1) is 6.54 Å². The first-order valence-electron chi connectivity index (χ1n) is 8.31. The molecule has 122 valence electrons. The molecule has 0 amide bonds. The maximum atomic E-state index is 4.79. The number of nitrogens with zero attached hydrogens (tertiary/aromatic N) is 3. The molecule has 2 bridgehead atoms. The van der Waals surface area contributed by atoms with Crippen LogP contribution >= 0.6 is 11.8 Å². The second kappa shape index (κ2) is 9.54. The highest BCUT2D eigenvalue weighted by Crippen LogP contribution is 2.15. The van der Waals surface area contributed by atoms with E-state index in [1.54, 1.807) is 0 Å². The monoisotopic (exact) mass is 313 g/mol. The Hall–Kier alpha value is -0.460. The lowest BCUT2D eigenvalue weighted by Crippen LogP contribution is -2.62. The molecule has 3 aliphatic rings. The predicted octanol–water partition coefficient (Wildman–Crippen LogP) is 0.685. The van der Waals surface area contributed by atoms with Crippen molar-refractivity contribution in [2.24, 2.45) is 4.99 Å². The number of aliphatic imine (C=N–C) groups is 1. The molecule has 3 heterocycles. The van der Waals surface area contributed by atoms with Crippen LogP contribution in [0.1, 0.15) is 19.8 Å². The molecule has 21 heavy (non-hydrogen) atoms. The van der Waals surface area contributed by atoms with Crippen LogP contribution in [-0.2, 0) is 0 Å². The number of unbranched alkanes of at least 4 members (excludes halogenated alkanes) is 1. The van der Waals surface area contributed by atoms with Gasteiger partial charge in [-0.15, -0.1) is 0 Å². The summed E-state index contributed by atoms with van der Waals surface area (Å²) in [7, 11) is 0. The van der Waals surface area contributed by atoms with Gasteiger partial charge in [0, 0.05) is 51.9 Å². The molecule has 1 atom stereocenters. The highest BCUT2D eigenvalue weighted by molar-refractivity contribution is 7.98. The summed E-state index contributed by atoms with van der Waals surface area (Å²) < 4.78 is 0. The predicted molar refractivity (Wildman–Crippen MR) is 93.4 cm³/mol. The number of nitrogens with one attached hydrogen (secondary N) is 2. The van der Waals surface area contributed by atoms with Crippen molar-refractivity contribution < 1.29 is 0 Å². The van der Waals surface area contributed by atoms with Gasteiger partial charge < -0.3 is 10.6 Å². The average Bonchev–Trinajstić information content (AvgIpc) is 2.53. The lowest BCUT2D eigenvalue weighted by Gasteiger charge is -2.47. The Kier molecular flexibility index (Phi) is 7.68. The Bertz CT molecular complexity index is 315. The maximum absolute atomic E-state index is 4.79. The van der Waals surface area contributed by atoms with E-state index in [2.05, 4.69) is 33.6 Å². The minimum atomic E-state index is 0.611. The summed E-state index contributed by atoms with van der Waals surface area (Å²) in [6.07, 6.45) is 4.66. The molecule has 3 aliphatic heterocycles. The molecule has 6 heteroatoms. The maximum Gasteiger partial charge on any atom is 0.191 e. The summed E-state index contributed by atoms with van der Waals surface area (Å²) >= 11 is 1.92. The lowest BCUT2D eigenvalue weighted by atomic mass is 10.1. The van der Waals surface area contributed by atoms with Crippen molar-refractivity contribution in [3.8, 4) is 0 Å². The van der Waals surface area contributed by atoms with Crippen LogP contribution in [0.5, 0.6) is 0 Å². The molecular formula is C15H31N5S. The minimum Gasteiger partial charge on any atom is -0.357 e. The van der Waals surface area contributed by atoms with Gasteiger partial charge in [0.25, 0.3) is 0 Å². The number of hydrogen-bond donors (Lipinski definition) is 2. The smallest absolute Gasteiger partial charge is 0.191 e. The second-order valence-electron chi connectivity index (χ2n) is 5.84. The van der Waals surface area contributed by atoms with E-state index in [1.807, 2.05) is 11.8 Å². The summed E-state index contributed by atoms with van der Waals surface area (Å²) in [5.41, 5.74) is 0. The van der Waals surface area contributed by atoms with E-state index < -0.39 is 0 Å². The van der Waals surface area contributed by atoms with E-state index in [0.717, 1.165) is 25.6 Å². The molecule has 5 nitrogen and oxygen atoms in total. The first-order chi connectivity index (χ1) is 10.3. The van der Waals surface area contributed by atoms with Gasteiger partial charge in [-0.3, -0.25) is 14.8 Å². The van der Waals surface area contributed by atoms with Crippen molar-refractivity contribution in [2.45, 2.75) is 25.8 Å². The van der Waals surface area contributed by atoms with Crippen molar-refractivity contribution in [1.82, 2.24) is 20.4 Å². The van der Waals surface area contributed by atoms with Gasteiger partial charge in [-0.2, -0.15) is 11.8 Å². The third kappa shape index (κ3) is 5.68. The SMILES string of the molecule is CCNC(=NCC1CN2CCN1CC2)NCCCCSC. The minimum absolute atomic E-state index is 0.611. The normalized spacial score (nSPS) is 28.7. The number of piperazine rings is 3. The quantitative estimate of drug-likeness (QED) is 0.392. The number of thioether (sulfide) groups is 1. The first-order valence-corrected chi connectivity index (χ1v) is 9.70. The van der Waals surface area contributed by atoms with Gasteiger partial charge in [-0.25, -0.2) is 0 Å². The number of fused-ring (bicyclic) bond motifs is 3. The van der Waals surface area contributed by atoms with Gasteiger partial charge in [0.2, 0.25) is 0 Å². The fourth-order valence-corrected chi connectivity index (χ4v) is 3.51. The summed E-state index contributed by atoms with van der Waals surface area (Å²) in [6.45, 7) is 11.1. The third-order valence-corrected chi connectivity index (χ3v) is 4.96. The summed E-state index contributed by atoms with van der Waals surface area (Å²) in [6, 6.07) is 0.611. The molecular weight excluding hydrogens is 282 g/mol. The number of rotatable bonds is 8. The topological polar surface area (TPSA) is 42.9 Å². The van der Waals surface area contributed by atoms with E-state index in [-0.39, 0.29) is 0 Å². The van der Waals surface area contributed by atoms with E-state index in [9.17, 15) is 0 Å². The van der Waals surface area contributed by atoms with Gasteiger partial charge in [0.15, 0.2) is 5.96 Å². The van der Waals surface area contributed by atoms with Crippen LogP contribution in [0.25, 0.3) is 0 Å². The molecule has 0 saturated carbocycles. The van der Waals surface area contributed by atoms with Gasteiger partial charge >= 0.3 is 0 Å². The van der Waals surface area contributed by atoms with Crippen LogP contribution in [0.3, 0.4) is 0 Å². The van der Waals surface area contributed by atoms with Crippen molar-refractivity contribution in [3.63, 3.8) is 0 Å². The van der Waals surface area contributed by atoms with Crippen molar-refractivity contribution in [2.75, 3.05) is 64.4 Å². The number of hydrogen-bond acceptors (Lipinski definition) is 4. The molecule has 3 saturated heterocycles. The van der Waals surface area contributed by atoms with Crippen molar-refractivity contribution >= 4 is 17.7 Å². The van der Waals surface area contributed by atoms with Crippen LogP contribution in [0.2, 0.25) is 0 Å². The zero-order valence-corrected chi connectivity index (χ0v) is 14.4. The number of guanidine groups is 1. The largest absolute Gasteiger partial charge is 0.357 e. The summed E-state index contributed by atoms with van der Waals surface area (Å²) in [5, 5.41) is 6.82. The Balaban J connectivity index is 1.72. The molecule has 2 N–H and O–H groups in total. The molecule has 0 aromatic rings. The summed E-state index contributed by atoms with van der Waals surface area (Å²) in [5.74, 6) is 2.24. The van der Waals surface area contributed by atoms with Crippen LogP contribution in [0.4, 0.5) is 0 Å². The van der Waals surface area contributed by atoms with Crippen LogP contribution in [0.15, 0.2) is 4.99 Å². The molecule has 0 aromatic heterocycles. The third-order valence-electron chi connectivity index (χ3n) is 4.26. The zero-order chi connectivity index (χ0) is 14.9. The Labute approximate surface area is 133 Å². The van der Waals surface area contributed by atoms with Crippen LogP contribution in [0, 0.1) is 0 Å². The molecule has 0 radical (unpaired) electrons. The van der Waals surface area contributed by atoms with E-state index in [0.29, 0.717) is 6.04 Å². The van der Waals surface area contributed by atoms with E-state index >= 15 is 0 Å². The van der Waals surface area contributed by atoms with Crippen LogP contribution < -0.4 is 10.6 Å². The van der Waals surface area contributed by atoms with Gasteiger partial charge in [-0.1, -0.05) is 0 Å². The molecule has 3 rings (SSSR count). The van der Waals surface area contributed by atoms with Crippen molar-refractivity contribution in [3.05, 3.63) is 0 Å². The Morgan fingerprint density at radius 2 is 2.00 bits per heavy atom. The molecule has 0 spiro atoms. The Morgan fingerprint density at radius 3 is 2.62 bits per heavy atom. The van der Waals surface area contributed by atoms with Crippen molar-refractivity contribution in [1.29, 1.82) is 0 Å². The molecule has 1 unspecified atom stereocenters. The van der Waals surface area contributed by atoms with Gasteiger partial charge in [0.1, 0.15) is 0 Å². The average molecular weight is 314 g/mol. The zero-order valence-electron chi connectivity index (χ0n) is 13.6. The molecule has 0 aliphatic carbocycles. The highest BCUT2D eigenvalue weighted by atomic mass is 32.2. The second-order valence-corrected chi connectivity index (χ2v) is 6.82. The molecule has 3 fully saturated rings. The molecule has 0 aromatic carbocycles. The fraction of sp³-hybridized carbons (Fsp3) is 0.933. The summed E-state index contributed by atoms with van der Waals surface area (Å²) in [4.78, 5) is 9.97. The standard InChI is InChI=1S/C15H31N5S/c1-3-16-15(17-6-4-5-11-21-2)18-12-14-13-19-7-9-20(14)10-8-19/h14H,3-13H2,1-2H3,(H2,16,17,18). The Morgan fingerprint density at radius 1 is 1.19 bits per heavy atom. The fourth-order valence-electron chi connectivity index (χ4n) is 3.01. The highest BCUT2D eigenvalue weighted by Gasteiger charge is 2.31. The lowest BCUT2D eigenvalue weighted by molar-refractivity contribution is 0.0174. The van der Waals surface area contributed by atoms with Crippen LogP contribution in [-0.4, -0.2) is 86.2 Å². The van der Waals surface area contributed by atoms with Gasteiger partial charge in [-0.05, 0) is 31.8 Å². The first kappa shape index (κ1) is 16.9. The van der Waals surface area contributed by atoms with E-state index in [1.165, 1.54) is 51.3 Å². The van der Waals surface area contributed by atoms with E-state index in [4.69, 9.17) is 4.99 Å².